The summed E-state index contributed by atoms with van der Waals surface area (Å²) >= 11 is 0. The highest BCUT2D eigenvalue weighted by Gasteiger charge is 2.34. The number of nitrogens with one attached hydrogen (secondary N) is 2. The summed E-state index contributed by atoms with van der Waals surface area (Å²) in [5.41, 5.74) is 12.9. The number of hydrogen-bond acceptors (Lipinski definition) is 8. The second-order valence-corrected chi connectivity index (χ2v) is 13.9. The monoisotopic (exact) mass is 706 g/mol. The number of benzene rings is 4. The third-order valence-electron chi connectivity index (χ3n) is 9.78. The average molecular weight is 707 g/mol. The fourth-order valence-corrected chi connectivity index (χ4v) is 6.89. The molecule has 0 saturated carbocycles. The van der Waals surface area contributed by atoms with E-state index in [0.29, 0.717) is 56.6 Å². The summed E-state index contributed by atoms with van der Waals surface area (Å²) in [5, 5.41) is 25.5. The SMILES string of the molecule is Nc1ccccc1NC(=O)CCCCCC(=O)NCc1cccc(-c2cccc([C@H]3O[C@@H](CN4CC[C@H](O)C4)C[C@@H](c4ccc(CO)cc4)O3)c2)c1. The zero-order valence-corrected chi connectivity index (χ0v) is 29.6. The predicted molar refractivity (Wildman–Crippen MR) is 202 cm³/mol. The maximum atomic E-state index is 12.6. The van der Waals surface area contributed by atoms with Crippen LogP contribution in [0, 0.1) is 0 Å². The molecule has 10 nitrogen and oxygen atoms in total. The van der Waals surface area contributed by atoms with Crippen LogP contribution in [0.2, 0.25) is 0 Å². The van der Waals surface area contributed by atoms with Crippen LogP contribution in [0.25, 0.3) is 11.1 Å². The van der Waals surface area contributed by atoms with E-state index in [0.717, 1.165) is 59.3 Å². The Hall–Kier alpha value is -4.58. The number of aliphatic hydroxyl groups is 2. The number of ether oxygens (including phenoxy) is 2. The van der Waals surface area contributed by atoms with Gasteiger partial charge in [-0.3, -0.25) is 14.5 Å². The zero-order chi connectivity index (χ0) is 36.3. The van der Waals surface area contributed by atoms with Crippen LogP contribution in [0.3, 0.4) is 0 Å². The first-order valence-electron chi connectivity index (χ1n) is 18.3. The van der Waals surface area contributed by atoms with E-state index in [1.165, 1.54) is 0 Å². The van der Waals surface area contributed by atoms with Crippen LogP contribution in [-0.2, 0) is 32.2 Å². The molecule has 4 atom stereocenters. The Morgan fingerprint density at radius 1 is 0.808 bits per heavy atom. The Balaban J connectivity index is 1.02. The standard InChI is InChI=1S/C42H50N4O6/c43-37-12-4-5-13-38(37)45-41(50)15-3-1-2-14-40(49)44-25-30-8-6-9-32(22-30)33-10-7-11-34(23-33)42-51-36(27-46-21-20-35(48)26-46)24-39(52-42)31-18-16-29(28-47)17-19-31/h4-13,16-19,22-23,35-36,39,42,47-48H,1-3,14-15,20-21,24-28,43H2,(H,44,49)(H,45,50)/t35-,36+,39-,42-/m0/s1. The summed E-state index contributed by atoms with van der Waals surface area (Å²) in [5.74, 6) is -0.0943. The summed E-state index contributed by atoms with van der Waals surface area (Å²) in [6.07, 6.45) is 3.31. The van der Waals surface area contributed by atoms with Crippen molar-refractivity contribution in [2.24, 2.45) is 0 Å². The van der Waals surface area contributed by atoms with Crippen LogP contribution in [0.5, 0.6) is 0 Å². The van der Waals surface area contributed by atoms with Crippen molar-refractivity contribution in [3.63, 3.8) is 0 Å². The lowest BCUT2D eigenvalue weighted by atomic mass is 9.98. The fourth-order valence-electron chi connectivity index (χ4n) is 6.89. The lowest BCUT2D eigenvalue weighted by Gasteiger charge is -2.38. The molecule has 0 radical (unpaired) electrons. The van der Waals surface area contributed by atoms with Crippen molar-refractivity contribution in [2.45, 2.75) is 82.7 Å². The van der Waals surface area contributed by atoms with Crippen LogP contribution in [-0.4, -0.2) is 58.8 Å². The number of nitrogen functional groups attached to an aromatic ring is 1. The molecule has 2 saturated heterocycles. The van der Waals surface area contributed by atoms with Gasteiger partial charge in [-0.2, -0.15) is 0 Å². The van der Waals surface area contributed by atoms with E-state index in [-0.39, 0.29) is 36.7 Å². The molecule has 0 spiro atoms. The van der Waals surface area contributed by atoms with Gasteiger partial charge in [0.2, 0.25) is 11.8 Å². The minimum Gasteiger partial charge on any atom is -0.397 e. The molecule has 4 aromatic rings. The number of unbranched alkanes of at least 4 members (excludes halogenated alkanes) is 2. The maximum absolute atomic E-state index is 12.6. The number of likely N-dealkylation sites (tertiary alicyclic amines) is 1. The Morgan fingerprint density at radius 2 is 1.56 bits per heavy atom. The second-order valence-electron chi connectivity index (χ2n) is 13.9. The maximum Gasteiger partial charge on any atom is 0.224 e. The number of nitrogens with two attached hydrogens (primary N) is 1. The van der Waals surface area contributed by atoms with Gasteiger partial charge in [-0.25, -0.2) is 0 Å². The van der Waals surface area contributed by atoms with E-state index in [1.54, 1.807) is 12.1 Å². The number of hydrogen-bond donors (Lipinski definition) is 5. The quantitative estimate of drug-likeness (QED) is 0.0721. The van der Waals surface area contributed by atoms with E-state index in [4.69, 9.17) is 15.2 Å². The molecule has 2 aliphatic heterocycles. The summed E-state index contributed by atoms with van der Waals surface area (Å²) in [4.78, 5) is 27.1. The molecule has 6 N–H and O–H groups in total. The van der Waals surface area contributed by atoms with Crippen LogP contribution in [0.1, 0.15) is 79.6 Å². The van der Waals surface area contributed by atoms with Gasteiger partial charge >= 0.3 is 0 Å². The lowest BCUT2D eigenvalue weighted by molar-refractivity contribution is -0.252. The Labute approximate surface area is 305 Å². The van der Waals surface area contributed by atoms with Gasteiger partial charge in [0.25, 0.3) is 0 Å². The predicted octanol–water partition coefficient (Wildman–Crippen LogP) is 6.25. The van der Waals surface area contributed by atoms with Crippen molar-refractivity contribution in [2.75, 3.05) is 30.7 Å². The van der Waals surface area contributed by atoms with Crippen molar-refractivity contribution >= 4 is 23.2 Å². The lowest BCUT2D eigenvalue weighted by Crippen LogP contribution is -2.38. The van der Waals surface area contributed by atoms with Crippen molar-refractivity contribution in [1.29, 1.82) is 0 Å². The Morgan fingerprint density at radius 3 is 2.31 bits per heavy atom. The van der Waals surface area contributed by atoms with Crippen molar-refractivity contribution in [1.82, 2.24) is 10.2 Å². The normalized spacial score (nSPS) is 20.4. The van der Waals surface area contributed by atoms with Crippen LogP contribution >= 0.6 is 0 Å². The third-order valence-corrected chi connectivity index (χ3v) is 9.78. The number of amides is 2. The molecule has 0 aliphatic carbocycles. The molecule has 2 aliphatic rings. The van der Waals surface area contributed by atoms with Gasteiger partial charge < -0.3 is 36.1 Å². The van der Waals surface area contributed by atoms with E-state index in [1.807, 2.05) is 60.7 Å². The first kappa shape index (κ1) is 37.2. The van der Waals surface area contributed by atoms with Crippen LogP contribution < -0.4 is 16.4 Å². The van der Waals surface area contributed by atoms with Gasteiger partial charge in [-0.1, -0.05) is 79.2 Å². The molecule has 0 unspecified atom stereocenters. The van der Waals surface area contributed by atoms with E-state index in [9.17, 15) is 19.8 Å². The first-order chi connectivity index (χ1) is 25.3. The zero-order valence-electron chi connectivity index (χ0n) is 29.6. The molecule has 52 heavy (non-hydrogen) atoms. The van der Waals surface area contributed by atoms with Crippen molar-refractivity contribution in [3.05, 3.63) is 119 Å². The summed E-state index contributed by atoms with van der Waals surface area (Å²) in [6.45, 7) is 2.64. The van der Waals surface area contributed by atoms with E-state index >= 15 is 0 Å². The molecule has 274 valence electrons. The van der Waals surface area contributed by atoms with E-state index < -0.39 is 6.29 Å². The molecular formula is C42H50N4O6. The molecular weight excluding hydrogens is 656 g/mol. The molecule has 4 aromatic carbocycles. The number of aliphatic hydroxyl groups excluding tert-OH is 2. The van der Waals surface area contributed by atoms with Crippen molar-refractivity contribution < 1.29 is 29.3 Å². The van der Waals surface area contributed by atoms with Gasteiger partial charge in [-0.15, -0.1) is 0 Å². The highest BCUT2D eigenvalue weighted by Crippen LogP contribution is 2.39. The highest BCUT2D eigenvalue weighted by atomic mass is 16.7. The first-order valence-corrected chi connectivity index (χ1v) is 18.3. The van der Waals surface area contributed by atoms with Crippen molar-refractivity contribution in [3.8, 4) is 11.1 Å². The summed E-state index contributed by atoms with van der Waals surface area (Å²) in [7, 11) is 0. The third kappa shape index (κ3) is 10.5. The fraction of sp³-hybridized carbons (Fsp3) is 0.381. The van der Waals surface area contributed by atoms with Gasteiger partial charge in [0.05, 0.1) is 36.3 Å². The topological polar surface area (TPSA) is 146 Å². The number of nitrogens with zero attached hydrogens (tertiary/aromatic N) is 1. The number of rotatable bonds is 15. The number of carbonyl (C=O) groups excluding carboxylic acids is 2. The summed E-state index contributed by atoms with van der Waals surface area (Å²) in [6, 6.07) is 31.4. The number of carbonyl (C=O) groups is 2. The van der Waals surface area contributed by atoms with Gasteiger partial charge in [0, 0.05) is 51.0 Å². The highest BCUT2D eigenvalue weighted by molar-refractivity contribution is 5.93. The van der Waals surface area contributed by atoms with Gasteiger partial charge in [0.15, 0.2) is 6.29 Å². The molecule has 2 fully saturated rings. The smallest absolute Gasteiger partial charge is 0.224 e. The molecule has 2 heterocycles. The van der Waals surface area contributed by atoms with Gasteiger partial charge in [-0.05, 0) is 71.3 Å². The molecule has 0 bridgehead atoms. The largest absolute Gasteiger partial charge is 0.397 e. The average Bonchev–Trinajstić information content (AvgIpc) is 3.58. The Bertz CT molecular complexity index is 1780. The number of para-hydroxylation sites is 2. The van der Waals surface area contributed by atoms with Crippen LogP contribution in [0.15, 0.2) is 97.1 Å². The number of anilines is 2. The van der Waals surface area contributed by atoms with Crippen LogP contribution in [0.4, 0.5) is 11.4 Å². The minimum absolute atomic E-state index is 0.00657. The minimum atomic E-state index is -0.576. The second kappa shape index (κ2) is 18.3. The summed E-state index contributed by atoms with van der Waals surface area (Å²) < 4.78 is 13.2. The molecule has 0 aromatic heterocycles. The van der Waals surface area contributed by atoms with Gasteiger partial charge in [0.1, 0.15) is 0 Å². The molecule has 6 rings (SSSR count). The number of β-amino-alcohol motifs (C(OH)–C–C–N with tert-alkyl or cyclic N) is 1. The van der Waals surface area contributed by atoms with E-state index in [2.05, 4.69) is 39.8 Å². The Kier molecular flexibility index (Phi) is 13.1. The molecule has 10 heteroatoms. The molecule has 2 amide bonds.